The minimum absolute atomic E-state index is 0.124. The second kappa shape index (κ2) is 12.1. The zero-order valence-electron chi connectivity index (χ0n) is 16.1. The molecule has 0 radical (unpaired) electrons. The van der Waals surface area contributed by atoms with Gasteiger partial charge in [0.05, 0.1) is 24.3 Å². The van der Waals surface area contributed by atoms with Gasteiger partial charge in [0.15, 0.2) is 24.7 Å². The van der Waals surface area contributed by atoms with Gasteiger partial charge in [-0.1, -0.05) is 18.2 Å². The SMILES string of the molecule is COc1cc(/C=N/NC(=O)CNC(=O)COc2ccccc2)cc(Br)c1OCC#N. The maximum absolute atomic E-state index is 11.8. The average molecular weight is 475 g/mol. The van der Waals surface area contributed by atoms with Crippen LogP contribution in [0.5, 0.6) is 17.2 Å². The van der Waals surface area contributed by atoms with Gasteiger partial charge in [-0.15, -0.1) is 0 Å². The monoisotopic (exact) mass is 474 g/mol. The normalized spacial score (nSPS) is 10.2. The van der Waals surface area contributed by atoms with E-state index in [9.17, 15) is 9.59 Å². The van der Waals surface area contributed by atoms with E-state index >= 15 is 0 Å². The highest BCUT2D eigenvalue weighted by Crippen LogP contribution is 2.36. The molecule has 0 aromatic heterocycles. The lowest BCUT2D eigenvalue weighted by atomic mass is 10.2. The van der Waals surface area contributed by atoms with Gasteiger partial charge in [0, 0.05) is 0 Å². The van der Waals surface area contributed by atoms with Crippen molar-refractivity contribution in [3.8, 4) is 23.3 Å². The Morgan fingerprint density at radius 3 is 2.67 bits per heavy atom. The predicted molar refractivity (Wildman–Crippen MR) is 112 cm³/mol. The quantitative estimate of drug-likeness (QED) is 0.401. The van der Waals surface area contributed by atoms with Crippen molar-refractivity contribution in [3.05, 3.63) is 52.5 Å². The van der Waals surface area contributed by atoms with Crippen LogP contribution in [-0.4, -0.2) is 44.9 Å². The molecule has 156 valence electrons. The second-order valence-corrected chi connectivity index (χ2v) is 6.51. The van der Waals surface area contributed by atoms with E-state index < -0.39 is 11.8 Å². The first kappa shape index (κ1) is 22.7. The largest absolute Gasteiger partial charge is 0.493 e. The van der Waals surface area contributed by atoms with Gasteiger partial charge in [-0.05, 0) is 45.8 Å². The maximum atomic E-state index is 11.8. The van der Waals surface area contributed by atoms with E-state index in [2.05, 4.69) is 31.8 Å². The summed E-state index contributed by atoms with van der Waals surface area (Å²) in [4.78, 5) is 23.5. The number of hydrogen-bond donors (Lipinski definition) is 2. The Labute approximate surface area is 181 Å². The number of nitrogens with one attached hydrogen (secondary N) is 2. The van der Waals surface area contributed by atoms with Crippen LogP contribution in [0.1, 0.15) is 5.56 Å². The highest BCUT2D eigenvalue weighted by atomic mass is 79.9. The number of methoxy groups -OCH3 is 1. The van der Waals surface area contributed by atoms with Crippen LogP contribution >= 0.6 is 15.9 Å². The molecule has 0 heterocycles. The van der Waals surface area contributed by atoms with E-state index in [0.29, 0.717) is 27.3 Å². The molecular formula is C20H19BrN4O5. The van der Waals surface area contributed by atoms with Crippen LogP contribution in [-0.2, 0) is 9.59 Å². The number of halogens is 1. The number of hydrazone groups is 1. The van der Waals surface area contributed by atoms with Crippen molar-refractivity contribution in [2.75, 3.05) is 26.9 Å². The molecule has 2 aromatic carbocycles. The molecule has 0 aliphatic heterocycles. The lowest BCUT2D eigenvalue weighted by Crippen LogP contribution is -2.37. The van der Waals surface area contributed by atoms with E-state index in [1.54, 1.807) is 36.4 Å². The molecule has 0 atom stereocenters. The van der Waals surface area contributed by atoms with Gasteiger partial charge < -0.3 is 19.5 Å². The fraction of sp³-hybridized carbons (Fsp3) is 0.200. The standard InChI is InChI=1S/C20H19BrN4O5/c1-28-17-10-14(9-16(21)20(17)29-8-7-22)11-24-25-18(26)12-23-19(27)13-30-15-5-3-2-4-6-15/h2-6,9-11H,8,12-13H2,1H3,(H,23,27)(H,25,26)/b24-11+. The summed E-state index contributed by atoms with van der Waals surface area (Å²) in [5.41, 5.74) is 2.93. The number of rotatable bonds is 10. The summed E-state index contributed by atoms with van der Waals surface area (Å²) < 4.78 is 16.4. The Bertz CT molecular complexity index is 944. The van der Waals surface area contributed by atoms with Gasteiger partial charge >= 0.3 is 0 Å². The first-order valence-corrected chi connectivity index (χ1v) is 9.46. The number of carbonyl (C=O) groups is 2. The zero-order chi connectivity index (χ0) is 21.8. The van der Waals surface area contributed by atoms with Crippen LogP contribution in [0.15, 0.2) is 52.0 Å². The summed E-state index contributed by atoms with van der Waals surface area (Å²) in [5, 5.41) is 14.9. The number of nitrogens with zero attached hydrogens (tertiary/aromatic N) is 2. The molecule has 0 spiro atoms. The Morgan fingerprint density at radius 1 is 1.20 bits per heavy atom. The van der Waals surface area contributed by atoms with Crippen LogP contribution in [0.4, 0.5) is 0 Å². The van der Waals surface area contributed by atoms with Crippen LogP contribution in [0, 0.1) is 11.3 Å². The molecular weight excluding hydrogens is 456 g/mol. The Morgan fingerprint density at radius 2 is 1.97 bits per heavy atom. The summed E-state index contributed by atoms with van der Waals surface area (Å²) in [6.45, 7) is -0.572. The molecule has 0 unspecified atom stereocenters. The first-order valence-electron chi connectivity index (χ1n) is 8.67. The van der Waals surface area contributed by atoms with E-state index in [1.165, 1.54) is 13.3 Å². The summed E-state index contributed by atoms with van der Waals surface area (Å²) in [5.74, 6) is 0.421. The van der Waals surface area contributed by atoms with Crippen molar-refractivity contribution >= 4 is 34.0 Å². The molecule has 2 aromatic rings. The second-order valence-electron chi connectivity index (χ2n) is 5.65. The van der Waals surface area contributed by atoms with Crippen molar-refractivity contribution < 1.29 is 23.8 Å². The van der Waals surface area contributed by atoms with Crippen molar-refractivity contribution in [3.63, 3.8) is 0 Å². The molecule has 0 aliphatic carbocycles. The van der Waals surface area contributed by atoms with Crippen LogP contribution in [0.2, 0.25) is 0 Å². The molecule has 0 bridgehead atoms. The molecule has 9 nitrogen and oxygen atoms in total. The van der Waals surface area contributed by atoms with Gasteiger partial charge in [0.25, 0.3) is 11.8 Å². The molecule has 2 rings (SSSR count). The summed E-state index contributed by atoms with van der Waals surface area (Å²) >= 11 is 3.34. The molecule has 10 heteroatoms. The minimum atomic E-state index is -0.501. The lowest BCUT2D eigenvalue weighted by molar-refractivity contribution is -0.127. The summed E-state index contributed by atoms with van der Waals surface area (Å²) in [6, 6.07) is 14.1. The Hall–Kier alpha value is -3.58. The van der Waals surface area contributed by atoms with E-state index in [4.69, 9.17) is 19.5 Å². The number of benzene rings is 2. The van der Waals surface area contributed by atoms with E-state index in [1.807, 2.05) is 12.1 Å². The smallest absolute Gasteiger partial charge is 0.259 e. The third-order valence-electron chi connectivity index (χ3n) is 3.49. The maximum Gasteiger partial charge on any atom is 0.259 e. The van der Waals surface area contributed by atoms with Crippen molar-refractivity contribution in [2.45, 2.75) is 0 Å². The van der Waals surface area contributed by atoms with Gasteiger partial charge in [-0.3, -0.25) is 9.59 Å². The Kier molecular flexibility index (Phi) is 9.15. The molecule has 0 saturated carbocycles. The Balaban J connectivity index is 1.80. The van der Waals surface area contributed by atoms with Crippen molar-refractivity contribution in [1.82, 2.24) is 10.7 Å². The van der Waals surface area contributed by atoms with Crippen molar-refractivity contribution in [2.24, 2.45) is 5.10 Å². The minimum Gasteiger partial charge on any atom is -0.493 e. The highest BCUT2D eigenvalue weighted by Gasteiger charge is 2.11. The third kappa shape index (κ3) is 7.44. The molecule has 2 amide bonds. The first-order chi connectivity index (χ1) is 14.5. The van der Waals surface area contributed by atoms with Gasteiger partial charge in [0.1, 0.15) is 11.8 Å². The van der Waals surface area contributed by atoms with E-state index in [0.717, 1.165) is 0 Å². The van der Waals surface area contributed by atoms with Gasteiger partial charge in [-0.25, -0.2) is 5.43 Å². The number of para-hydroxylation sites is 1. The summed E-state index contributed by atoms with van der Waals surface area (Å²) in [6.07, 6.45) is 1.40. The lowest BCUT2D eigenvalue weighted by Gasteiger charge is -2.11. The highest BCUT2D eigenvalue weighted by molar-refractivity contribution is 9.10. The van der Waals surface area contributed by atoms with Crippen LogP contribution < -0.4 is 25.0 Å². The fourth-order valence-electron chi connectivity index (χ4n) is 2.17. The van der Waals surface area contributed by atoms with Crippen LogP contribution in [0.3, 0.4) is 0 Å². The number of ether oxygens (including phenoxy) is 3. The molecule has 0 aliphatic rings. The number of amides is 2. The summed E-state index contributed by atoms with van der Waals surface area (Å²) in [7, 11) is 1.47. The fourth-order valence-corrected chi connectivity index (χ4v) is 2.75. The van der Waals surface area contributed by atoms with Gasteiger partial charge in [-0.2, -0.15) is 10.4 Å². The zero-order valence-corrected chi connectivity index (χ0v) is 17.6. The van der Waals surface area contributed by atoms with Crippen molar-refractivity contribution in [1.29, 1.82) is 5.26 Å². The molecule has 30 heavy (non-hydrogen) atoms. The van der Waals surface area contributed by atoms with Crippen LogP contribution in [0.25, 0.3) is 0 Å². The number of carbonyl (C=O) groups excluding carboxylic acids is 2. The molecule has 0 fully saturated rings. The molecule has 2 N–H and O–H groups in total. The number of nitriles is 1. The predicted octanol–water partition coefficient (Wildman–Crippen LogP) is 2.01. The molecule has 0 saturated heterocycles. The van der Waals surface area contributed by atoms with Gasteiger partial charge in [0.2, 0.25) is 0 Å². The average Bonchev–Trinajstić information content (AvgIpc) is 2.76. The topological polar surface area (TPSA) is 122 Å². The third-order valence-corrected chi connectivity index (χ3v) is 4.08. The van der Waals surface area contributed by atoms with E-state index in [-0.39, 0.29) is 19.8 Å². The number of hydrogen-bond acceptors (Lipinski definition) is 7.